The van der Waals surface area contributed by atoms with Crippen LogP contribution in [0.2, 0.25) is 0 Å². The van der Waals surface area contributed by atoms with Crippen molar-refractivity contribution in [3.63, 3.8) is 0 Å². The van der Waals surface area contributed by atoms with Crippen molar-refractivity contribution in [3.05, 3.63) is 243 Å². The molecule has 0 radical (unpaired) electrons. The SMILES string of the molecule is c1ccc(-c2ccccc2-c2c3cccc4c5ccccc5c(c34)c3c4ccc5c6ccc7c8c(-c9ccccc9)c9c%10cccc%11cccc(c9c(-c9ccccc9)c8c8ccc(c9ccc(c23)c4c95)c6c87)c%11%10)cc1. The molecule has 0 nitrogen and oxygen atoms in total. The molecule has 0 aliphatic heterocycles. The fourth-order valence-electron chi connectivity index (χ4n) is 15.5. The Morgan fingerprint density at radius 3 is 0.974 bits per heavy atom. The van der Waals surface area contributed by atoms with Crippen LogP contribution in [0.5, 0.6) is 0 Å². The van der Waals surface area contributed by atoms with Crippen LogP contribution in [0, 0.1) is 0 Å². The van der Waals surface area contributed by atoms with Crippen LogP contribution in [0.3, 0.4) is 0 Å². The first-order valence-corrected chi connectivity index (χ1v) is 26.8. The van der Waals surface area contributed by atoms with E-state index < -0.39 is 0 Å². The zero-order valence-corrected chi connectivity index (χ0v) is 41.1. The van der Waals surface area contributed by atoms with Crippen molar-refractivity contribution in [2.45, 2.75) is 0 Å². The second-order valence-electron chi connectivity index (χ2n) is 21.5. The van der Waals surface area contributed by atoms with Crippen molar-refractivity contribution in [2.75, 3.05) is 0 Å². The van der Waals surface area contributed by atoms with Crippen LogP contribution >= 0.6 is 0 Å². The lowest BCUT2D eigenvalue weighted by molar-refractivity contribution is 1.61. The van der Waals surface area contributed by atoms with E-state index in [1.54, 1.807) is 0 Å². The summed E-state index contributed by atoms with van der Waals surface area (Å²) in [5.41, 5.74) is 10.2. The molecule has 0 aromatic heterocycles. The third kappa shape index (κ3) is 4.66. The summed E-state index contributed by atoms with van der Waals surface area (Å²) in [6.07, 6.45) is 0. The maximum absolute atomic E-state index is 2.49. The Labute approximate surface area is 435 Å². The van der Waals surface area contributed by atoms with Crippen LogP contribution in [-0.2, 0) is 0 Å². The molecule has 0 heterocycles. The highest BCUT2D eigenvalue weighted by Gasteiger charge is 2.31. The number of hydrogen-bond donors (Lipinski definition) is 0. The first-order chi connectivity index (χ1) is 37.8. The molecule has 0 heteroatoms. The minimum Gasteiger partial charge on any atom is -0.0622 e. The van der Waals surface area contributed by atoms with E-state index in [9.17, 15) is 0 Å². The molecule has 0 aliphatic rings. The van der Waals surface area contributed by atoms with Crippen LogP contribution in [0.4, 0.5) is 0 Å². The van der Waals surface area contributed by atoms with E-state index in [1.165, 1.54) is 195 Å². The summed E-state index contributed by atoms with van der Waals surface area (Å²) in [5, 5.41) is 37.4. The minimum absolute atomic E-state index is 1.23. The van der Waals surface area contributed by atoms with E-state index >= 15 is 0 Å². The zero-order valence-electron chi connectivity index (χ0n) is 41.1. The molecule has 19 rings (SSSR count). The minimum atomic E-state index is 1.23. The van der Waals surface area contributed by atoms with Gasteiger partial charge in [0.15, 0.2) is 0 Å². The van der Waals surface area contributed by atoms with E-state index in [0.717, 1.165) is 0 Å². The standard InChI is InChI=1S/C76H40/c1-4-17-41(18-5-1)45-25-10-12-27-47(45)66-56-32-16-29-48-46-26-11-13-28-49(46)70(67(48)56)76-60-40-36-53-51-34-38-58-68-57(37-33-50(64(51)68)52-35-39-59(75(66)76)69(60)65(52)53)73-62(43-19-6-2-7-20-43)71-54-30-14-23-42-24-15-31-55(61(42)54)72(71)63(74(58)73)44-21-8-3-9-22-44/h1-40H. The Hall–Kier alpha value is -9.88. The number of rotatable bonds is 4. The summed E-state index contributed by atoms with van der Waals surface area (Å²) >= 11 is 0. The first kappa shape index (κ1) is 39.6. The maximum atomic E-state index is 2.49. The molecule has 0 saturated heterocycles. The van der Waals surface area contributed by atoms with Gasteiger partial charge in [0.25, 0.3) is 0 Å². The molecule has 0 saturated carbocycles. The lowest BCUT2D eigenvalue weighted by Crippen LogP contribution is -1.89. The van der Waals surface area contributed by atoms with Gasteiger partial charge < -0.3 is 0 Å². The third-order valence-corrected chi connectivity index (χ3v) is 18.1. The molecule has 0 amide bonds. The van der Waals surface area contributed by atoms with Gasteiger partial charge in [-0.1, -0.05) is 243 Å². The molecule has 0 atom stereocenters. The van der Waals surface area contributed by atoms with Gasteiger partial charge in [-0.3, -0.25) is 0 Å². The fraction of sp³-hybridized carbons (Fsp3) is 0. The molecule has 76 heavy (non-hydrogen) atoms. The van der Waals surface area contributed by atoms with Crippen molar-refractivity contribution >= 4 is 151 Å². The average molecular weight is 953 g/mol. The topological polar surface area (TPSA) is 0 Å². The second-order valence-corrected chi connectivity index (χ2v) is 21.5. The monoisotopic (exact) mass is 952 g/mol. The zero-order chi connectivity index (χ0) is 49.1. The van der Waals surface area contributed by atoms with Crippen molar-refractivity contribution in [1.29, 1.82) is 0 Å². The number of fused-ring (bicyclic) bond motifs is 15. The Kier molecular flexibility index (Phi) is 7.32. The molecule has 0 N–H and O–H groups in total. The first-order valence-electron chi connectivity index (χ1n) is 26.8. The summed E-state index contributed by atoms with van der Waals surface area (Å²) in [5.74, 6) is 0. The van der Waals surface area contributed by atoms with Crippen molar-refractivity contribution < 1.29 is 0 Å². The van der Waals surface area contributed by atoms with Crippen molar-refractivity contribution in [1.82, 2.24) is 0 Å². The van der Waals surface area contributed by atoms with E-state index in [2.05, 4.69) is 243 Å². The number of hydrogen-bond acceptors (Lipinski definition) is 0. The van der Waals surface area contributed by atoms with Crippen LogP contribution in [0.1, 0.15) is 0 Å². The van der Waals surface area contributed by atoms with Gasteiger partial charge in [0.05, 0.1) is 0 Å². The van der Waals surface area contributed by atoms with Gasteiger partial charge in [-0.15, -0.1) is 0 Å². The quantitative estimate of drug-likeness (QED) is 0.122. The molecule has 0 unspecified atom stereocenters. The maximum Gasteiger partial charge on any atom is -0.000696 e. The molecular formula is C76H40. The van der Waals surface area contributed by atoms with E-state index in [1.807, 2.05) is 0 Å². The lowest BCUT2D eigenvalue weighted by atomic mass is 9.86. The van der Waals surface area contributed by atoms with Crippen LogP contribution in [0.15, 0.2) is 243 Å². The molecular weight excluding hydrogens is 913 g/mol. The Morgan fingerprint density at radius 2 is 0.434 bits per heavy atom. The molecule has 344 valence electrons. The van der Waals surface area contributed by atoms with Crippen LogP contribution in [-0.4, -0.2) is 0 Å². The molecule has 0 fully saturated rings. The van der Waals surface area contributed by atoms with E-state index in [4.69, 9.17) is 0 Å². The van der Waals surface area contributed by atoms with Crippen LogP contribution < -0.4 is 0 Å². The molecule has 0 aliphatic carbocycles. The van der Waals surface area contributed by atoms with Gasteiger partial charge in [0, 0.05) is 0 Å². The van der Waals surface area contributed by atoms with E-state index in [0.29, 0.717) is 0 Å². The lowest BCUT2D eigenvalue weighted by Gasteiger charge is -2.16. The highest BCUT2D eigenvalue weighted by atomic mass is 14.3. The highest BCUT2D eigenvalue weighted by molar-refractivity contribution is 6.53. The van der Waals surface area contributed by atoms with Gasteiger partial charge in [-0.05, 0) is 195 Å². The van der Waals surface area contributed by atoms with Crippen molar-refractivity contribution in [3.8, 4) is 44.5 Å². The Balaban J connectivity index is 1.01. The summed E-state index contributed by atoms with van der Waals surface area (Å²) < 4.78 is 0. The van der Waals surface area contributed by atoms with Gasteiger partial charge in [-0.25, -0.2) is 0 Å². The summed E-state index contributed by atoms with van der Waals surface area (Å²) in [7, 11) is 0. The highest BCUT2D eigenvalue weighted by Crippen LogP contribution is 2.59. The third-order valence-electron chi connectivity index (χ3n) is 18.1. The number of benzene rings is 15. The second kappa shape index (κ2) is 14.0. The molecule has 0 spiro atoms. The van der Waals surface area contributed by atoms with Crippen molar-refractivity contribution in [2.24, 2.45) is 0 Å². The van der Waals surface area contributed by atoms with E-state index in [-0.39, 0.29) is 0 Å². The fourth-order valence-corrected chi connectivity index (χ4v) is 15.5. The van der Waals surface area contributed by atoms with Gasteiger partial charge in [0.2, 0.25) is 0 Å². The smallest absolute Gasteiger partial charge is 0.000696 e. The summed E-state index contributed by atoms with van der Waals surface area (Å²) in [6, 6.07) is 92.3. The largest absolute Gasteiger partial charge is 0.0622 e. The average Bonchev–Trinajstić information content (AvgIpc) is 4.27. The molecule has 19 aromatic carbocycles. The molecule has 0 bridgehead atoms. The Morgan fingerprint density at radius 1 is 0.132 bits per heavy atom. The normalized spacial score (nSPS) is 12.7. The van der Waals surface area contributed by atoms with Gasteiger partial charge in [-0.2, -0.15) is 0 Å². The molecule has 19 aromatic rings. The summed E-state index contributed by atoms with van der Waals surface area (Å²) in [4.78, 5) is 0. The Bertz CT molecular complexity index is 5480. The van der Waals surface area contributed by atoms with Gasteiger partial charge >= 0.3 is 0 Å². The van der Waals surface area contributed by atoms with Crippen LogP contribution in [0.25, 0.3) is 195 Å². The van der Waals surface area contributed by atoms with Gasteiger partial charge in [0.1, 0.15) is 0 Å². The predicted molar refractivity (Wildman–Crippen MR) is 329 cm³/mol. The predicted octanol–water partition coefficient (Wildman–Crippen LogP) is 21.7. The summed E-state index contributed by atoms with van der Waals surface area (Å²) in [6.45, 7) is 0.